The summed E-state index contributed by atoms with van der Waals surface area (Å²) in [5.74, 6) is -0.478. The van der Waals surface area contributed by atoms with Gasteiger partial charge in [-0.3, -0.25) is 0 Å². The number of hydrogen-bond donors (Lipinski definition) is 0. The van der Waals surface area contributed by atoms with Crippen LogP contribution in [0.1, 0.15) is 31.1 Å². The fourth-order valence-electron chi connectivity index (χ4n) is 1.87. The first-order valence-corrected chi connectivity index (χ1v) is 7.00. The van der Waals surface area contributed by atoms with Gasteiger partial charge in [0.05, 0.1) is 6.04 Å². The highest BCUT2D eigenvalue weighted by atomic mass is 32.2. The van der Waals surface area contributed by atoms with Gasteiger partial charge in [-0.1, -0.05) is 0 Å². The third-order valence-corrected chi connectivity index (χ3v) is 3.89. The zero-order valence-electron chi connectivity index (χ0n) is 10.5. The molecule has 0 bridgehead atoms. The largest absolute Gasteiger partial charge is 0.299 e. The van der Waals surface area contributed by atoms with Gasteiger partial charge in [0.2, 0.25) is 11.0 Å². The van der Waals surface area contributed by atoms with Gasteiger partial charge >= 0.3 is 0 Å². The lowest BCUT2D eigenvalue weighted by atomic mass is 10.5. The van der Waals surface area contributed by atoms with E-state index < -0.39 is 12.2 Å². The molecule has 0 aliphatic heterocycles. The minimum atomic E-state index is -2.73. The summed E-state index contributed by atoms with van der Waals surface area (Å²) in [5.41, 5.74) is 0.274. The molecule has 3 aromatic rings. The van der Waals surface area contributed by atoms with E-state index >= 15 is 0 Å². The van der Waals surface area contributed by atoms with Crippen molar-refractivity contribution >= 4 is 17.4 Å². The molecular formula is C10H8F2N8S. The van der Waals surface area contributed by atoms with Crippen LogP contribution in [0.2, 0.25) is 0 Å². The highest BCUT2D eigenvalue weighted by Gasteiger charge is 2.28. The van der Waals surface area contributed by atoms with Crippen LogP contribution in [0, 0.1) is 0 Å². The molecule has 3 aromatic heterocycles. The Labute approximate surface area is 120 Å². The number of nitrogens with zero attached hydrogens (tertiary/aromatic N) is 8. The fraction of sp³-hybridized carbons (Fsp3) is 0.400. The Bertz CT molecular complexity index is 795. The van der Waals surface area contributed by atoms with Crippen LogP contribution >= 0.6 is 11.8 Å². The smallest absolute Gasteiger partial charge is 0.217 e. The van der Waals surface area contributed by atoms with Gasteiger partial charge in [0.15, 0.2) is 5.65 Å². The molecule has 0 aromatic carbocycles. The Balaban J connectivity index is 1.69. The molecule has 0 unspecified atom stereocenters. The molecule has 0 spiro atoms. The van der Waals surface area contributed by atoms with E-state index in [1.807, 2.05) is 0 Å². The lowest BCUT2D eigenvalue weighted by molar-refractivity contribution is 0.137. The summed E-state index contributed by atoms with van der Waals surface area (Å²) in [6, 6.07) is 3.59. The lowest BCUT2D eigenvalue weighted by Crippen LogP contribution is -2.02. The fourth-order valence-corrected chi connectivity index (χ4v) is 2.68. The number of aromatic nitrogens is 8. The number of alkyl halides is 2. The lowest BCUT2D eigenvalue weighted by Gasteiger charge is -2.02. The van der Waals surface area contributed by atoms with E-state index in [1.165, 1.54) is 11.8 Å². The Morgan fingerprint density at radius 1 is 1.19 bits per heavy atom. The van der Waals surface area contributed by atoms with Crippen LogP contribution in [-0.2, 0) is 0 Å². The van der Waals surface area contributed by atoms with E-state index in [0.29, 0.717) is 16.2 Å². The molecule has 108 valence electrons. The van der Waals surface area contributed by atoms with Crippen molar-refractivity contribution < 1.29 is 8.78 Å². The second-order valence-electron chi connectivity index (χ2n) is 4.54. The van der Waals surface area contributed by atoms with E-state index in [-0.39, 0.29) is 5.65 Å². The summed E-state index contributed by atoms with van der Waals surface area (Å²) in [6.45, 7) is 0. The van der Waals surface area contributed by atoms with Crippen molar-refractivity contribution in [1.29, 1.82) is 0 Å². The first-order chi connectivity index (χ1) is 10.2. The van der Waals surface area contributed by atoms with Crippen molar-refractivity contribution in [1.82, 2.24) is 40.0 Å². The average molecular weight is 310 g/mol. The molecule has 1 saturated carbocycles. The van der Waals surface area contributed by atoms with Gasteiger partial charge in [-0.2, -0.15) is 9.61 Å². The van der Waals surface area contributed by atoms with Crippen LogP contribution in [0.5, 0.6) is 0 Å². The standard InChI is InChI=1S/C10H8F2N8S/c11-8(12)9-14-13-6-3-4-7(16-20(6)9)21-10-15-17-18-19(10)5-1-2-5/h3-5,8H,1-2H2. The molecule has 8 nitrogen and oxygen atoms in total. The summed E-state index contributed by atoms with van der Waals surface area (Å²) < 4.78 is 28.4. The average Bonchev–Trinajstić information content (AvgIpc) is 3.05. The summed E-state index contributed by atoms with van der Waals surface area (Å²) in [4.78, 5) is 0. The number of rotatable bonds is 4. The monoisotopic (exact) mass is 310 g/mol. The second kappa shape index (κ2) is 4.69. The normalized spacial score (nSPS) is 15.2. The second-order valence-corrected chi connectivity index (χ2v) is 5.53. The first-order valence-electron chi connectivity index (χ1n) is 6.18. The molecule has 1 aliphatic carbocycles. The highest BCUT2D eigenvalue weighted by molar-refractivity contribution is 7.99. The highest BCUT2D eigenvalue weighted by Crippen LogP contribution is 2.37. The van der Waals surface area contributed by atoms with E-state index in [1.54, 1.807) is 16.8 Å². The molecule has 0 saturated heterocycles. The van der Waals surface area contributed by atoms with E-state index in [9.17, 15) is 8.78 Å². The molecular weight excluding hydrogens is 302 g/mol. The maximum Gasteiger partial charge on any atom is 0.299 e. The Kier molecular flexibility index (Phi) is 2.80. The van der Waals surface area contributed by atoms with Crippen molar-refractivity contribution in [3.8, 4) is 0 Å². The predicted octanol–water partition coefficient (Wildman–Crippen LogP) is 1.53. The van der Waals surface area contributed by atoms with E-state index in [2.05, 4.69) is 30.8 Å². The van der Waals surface area contributed by atoms with Crippen LogP contribution in [0.3, 0.4) is 0 Å². The SMILES string of the molecule is FC(F)c1nnc2ccc(Sc3nnnn3C3CC3)nn12. The van der Waals surface area contributed by atoms with Crippen LogP contribution in [0.4, 0.5) is 8.78 Å². The zero-order chi connectivity index (χ0) is 14.4. The van der Waals surface area contributed by atoms with Gasteiger partial charge < -0.3 is 0 Å². The molecule has 1 fully saturated rings. The van der Waals surface area contributed by atoms with Crippen molar-refractivity contribution in [2.75, 3.05) is 0 Å². The van der Waals surface area contributed by atoms with Gasteiger partial charge in [-0.25, -0.2) is 13.5 Å². The quantitative estimate of drug-likeness (QED) is 0.722. The van der Waals surface area contributed by atoms with Crippen molar-refractivity contribution in [2.24, 2.45) is 0 Å². The molecule has 1 aliphatic rings. The summed E-state index contributed by atoms with van der Waals surface area (Å²) in [6.07, 6.45) is -0.637. The Morgan fingerprint density at radius 2 is 2.05 bits per heavy atom. The van der Waals surface area contributed by atoms with Gasteiger partial charge in [0.1, 0.15) is 5.03 Å². The number of halogens is 2. The number of hydrogen-bond acceptors (Lipinski definition) is 7. The zero-order valence-corrected chi connectivity index (χ0v) is 11.3. The number of fused-ring (bicyclic) bond motifs is 1. The summed E-state index contributed by atoms with van der Waals surface area (Å²) in [5, 5.41) is 23.8. The summed E-state index contributed by atoms with van der Waals surface area (Å²) >= 11 is 1.22. The molecule has 0 radical (unpaired) electrons. The van der Waals surface area contributed by atoms with E-state index in [4.69, 9.17) is 0 Å². The van der Waals surface area contributed by atoms with E-state index in [0.717, 1.165) is 17.4 Å². The minimum absolute atomic E-state index is 0.274. The molecule has 0 atom stereocenters. The molecule has 0 amide bonds. The molecule has 11 heteroatoms. The molecule has 3 heterocycles. The van der Waals surface area contributed by atoms with Crippen LogP contribution in [0.25, 0.3) is 5.65 Å². The van der Waals surface area contributed by atoms with Crippen LogP contribution in [-0.4, -0.2) is 40.0 Å². The van der Waals surface area contributed by atoms with Crippen molar-refractivity contribution in [2.45, 2.75) is 35.5 Å². The molecule has 4 rings (SSSR count). The van der Waals surface area contributed by atoms with Crippen molar-refractivity contribution in [3.05, 3.63) is 18.0 Å². The molecule has 0 N–H and O–H groups in total. The Hall–Kier alpha value is -2.17. The number of tetrazole rings is 1. The maximum absolute atomic E-state index is 12.8. The topological polar surface area (TPSA) is 86.7 Å². The van der Waals surface area contributed by atoms with Gasteiger partial charge in [0.25, 0.3) is 6.43 Å². The predicted molar refractivity (Wildman–Crippen MR) is 66.0 cm³/mol. The molecule has 21 heavy (non-hydrogen) atoms. The van der Waals surface area contributed by atoms with Gasteiger partial charge in [-0.05, 0) is 47.2 Å². The van der Waals surface area contributed by atoms with Gasteiger partial charge in [0, 0.05) is 0 Å². The minimum Gasteiger partial charge on any atom is -0.217 e. The summed E-state index contributed by atoms with van der Waals surface area (Å²) in [7, 11) is 0. The maximum atomic E-state index is 12.8. The first kappa shape index (κ1) is 12.6. The van der Waals surface area contributed by atoms with Gasteiger partial charge in [-0.15, -0.1) is 15.3 Å². The van der Waals surface area contributed by atoms with Crippen molar-refractivity contribution in [3.63, 3.8) is 0 Å². The Morgan fingerprint density at radius 3 is 2.81 bits per heavy atom. The van der Waals surface area contributed by atoms with Crippen LogP contribution in [0.15, 0.2) is 22.3 Å². The third kappa shape index (κ3) is 2.22. The third-order valence-electron chi connectivity index (χ3n) is 3.01. The van der Waals surface area contributed by atoms with Crippen LogP contribution < -0.4 is 0 Å².